The number of carbonyl (C=O) groups is 1. The summed E-state index contributed by atoms with van der Waals surface area (Å²) in [5.41, 5.74) is 5.29. The Labute approximate surface area is 115 Å². The van der Waals surface area contributed by atoms with Crippen molar-refractivity contribution in [3.05, 3.63) is 28.7 Å². The van der Waals surface area contributed by atoms with Crippen LogP contribution in [0.4, 0.5) is 0 Å². The molecule has 0 saturated heterocycles. The van der Waals surface area contributed by atoms with Gasteiger partial charge in [-0.2, -0.15) is 0 Å². The summed E-state index contributed by atoms with van der Waals surface area (Å²) in [7, 11) is 0. The maximum Gasteiger partial charge on any atom is 0.260 e. The van der Waals surface area contributed by atoms with Crippen molar-refractivity contribution >= 4 is 34.2 Å². The van der Waals surface area contributed by atoms with Crippen LogP contribution in [0.15, 0.2) is 28.7 Å². The van der Waals surface area contributed by atoms with Gasteiger partial charge in [0.25, 0.3) is 5.91 Å². The van der Waals surface area contributed by atoms with Crippen molar-refractivity contribution in [2.24, 2.45) is 5.73 Å². The number of halogens is 2. The van der Waals surface area contributed by atoms with Gasteiger partial charge < -0.3 is 15.8 Å². The molecule has 96 valence electrons. The molecule has 1 unspecified atom stereocenters. The Morgan fingerprint density at radius 2 is 2.29 bits per heavy atom. The molecule has 0 radical (unpaired) electrons. The molecule has 4 nitrogen and oxygen atoms in total. The Hall–Kier alpha value is -0.780. The van der Waals surface area contributed by atoms with Gasteiger partial charge in [-0.3, -0.25) is 4.79 Å². The van der Waals surface area contributed by atoms with Gasteiger partial charge >= 0.3 is 0 Å². The fraction of sp³-hybridized carbons (Fsp3) is 0.364. The largest absolute Gasteiger partial charge is 0.481 e. The summed E-state index contributed by atoms with van der Waals surface area (Å²) >= 11 is 3.33. The zero-order valence-corrected chi connectivity index (χ0v) is 11.9. The van der Waals surface area contributed by atoms with Gasteiger partial charge in [0.2, 0.25) is 0 Å². The summed E-state index contributed by atoms with van der Waals surface area (Å²) in [6.45, 7) is 2.59. The minimum atomic E-state index is -0.527. The molecule has 6 heteroatoms. The SMILES string of the molecule is CC(Oc1cccc(Br)c1)C(=O)NCCN.Cl. The van der Waals surface area contributed by atoms with Gasteiger partial charge in [-0.1, -0.05) is 22.0 Å². The third kappa shape index (κ3) is 5.91. The molecule has 0 aromatic heterocycles. The van der Waals surface area contributed by atoms with Crippen molar-refractivity contribution in [3.8, 4) is 5.75 Å². The highest BCUT2D eigenvalue weighted by Crippen LogP contribution is 2.18. The van der Waals surface area contributed by atoms with Crippen LogP contribution in [0.5, 0.6) is 5.75 Å². The van der Waals surface area contributed by atoms with E-state index in [1.165, 1.54) is 0 Å². The van der Waals surface area contributed by atoms with Crippen LogP contribution in [0.3, 0.4) is 0 Å². The second-order valence-electron chi connectivity index (χ2n) is 3.30. The molecule has 1 aromatic rings. The Morgan fingerprint density at radius 3 is 2.88 bits per heavy atom. The van der Waals surface area contributed by atoms with E-state index < -0.39 is 6.10 Å². The second kappa shape index (κ2) is 8.33. The number of nitrogens with one attached hydrogen (secondary N) is 1. The van der Waals surface area contributed by atoms with E-state index in [0.29, 0.717) is 18.8 Å². The normalized spacial score (nSPS) is 11.2. The molecular weight excluding hydrogens is 307 g/mol. The van der Waals surface area contributed by atoms with E-state index >= 15 is 0 Å². The maximum atomic E-state index is 11.5. The molecule has 1 rings (SSSR count). The molecule has 0 heterocycles. The van der Waals surface area contributed by atoms with Crippen molar-refractivity contribution in [2.75, 3.05) is 13.1 Å². The topological polar surface area (TPSA) is 64.3 Å². The van der Waals surface area contributed by atoms with Crippen molar-refractivity contribution in [2.45, 2.75) is 13.0 Å². The van der Waals surface area contributed by atoms with Gasteiger partial charge in [-0.15, -0.1) is 12.4 Å². The van der Waals surface area contributed by atoms with Crippen LogP contribution in [0, 0.1) is 0 Å². The van der Waals surface area contributed by atoms with Crippen molar-refractivity contribution in [1.29, 1.82) is 0 Å². The minimum Gasteiger partial charge on any atom is -0.481 e. The molecule has 0 saturated carbocycles. The zero-order chi connectivity index (χ0) is 12.0. The molecular formula is C11H16BrClN2O2. The predicted molar refractivity (Wildman–Crippen MR) is 73.5 cm³/mol. The summed E-state index contributed by atoms with van der Waals surface area (Å²) in [4.78, 5) is 11.5. The Balaban J connectivity index is 0.00000256. The van der Waals surface area contributed by atoms with E-state index in [-0.39, 0.29) is 18.3 Å². The van der Waals surface area contributed by atoms with Gasteiger partial charge in [-0.25, -0.2) is 0 Å². The number of nitrogens with two attached hydrogens (primary N) is 1. The molecule has 17 heavy (non-hydrogen) atoms. The lowest BCUT2D eigenvalue weighted by Gasteiger charge is -2.14. The van der Waals surface area contributed by atoms with Gasteiger partial charge in [0.15, 0.2) is 6.10 Å². The zero-order valence-electron chi connectivity index (χ0n) is 9.48. The van der Waals surface area contributed by atoms with Crippen molar-refractivity contribution in [1.82, 2.24) is 5.32 Å². The maximum absolute atomic E-state index is 11.5. The Kier molecular flexibility index (Phi) is 7.95. The first-order chi connectivity index (χ1) is 7.63. The van der Waals surface area contributed by atoms with Crippen LogP contribution in [-0.2, 0) is 4.79 Å². The summed E-state index contributed by atoms with van der Waals surface area (Å²) < 4.78 is 6.39. The molecule has 1 amide bonds. The third-order valence-corrected chi connectivity index (χ3v) is 2.41. The van der Waals surface area contributed by atoms with Gasteiger partial charge in [-0.05, 0) is 25.1 Å². The van der Waals surface area contributed by atoms with Crippen LogP contribution in [0.1, 0.15) is 6.92 Å². The fourth-order valence-corrected chi connectivity index (χ4v) is 1.52. The van der Waals surface area contributed by atoms with Gasteiger partial charge in [0.05, 0.1) is 0 Å². The molecule has 0 spiro atoms. The molecule has 3 N–H and O–H groups in total. The summed E-state index contributed by atoms with van der Waals surface area (Å²) in [5, 5.41) is 2.67. The standard InChI is InChI=1S/C11H15BrN2O2.ClH/c1-8(11(15)14-6-5-13)16-10-4-2-3-9(12)7-10;/h2-4,7-8H,5-6,13H2,1H3,(H,14,15);1H. The minimum absolute atomic E-state index is 0. The first kappa shape index (κ1) is 16.2. The highest BCUT2D eigenvalue weighted by Gasteiger charge is 2.13. The van der Waals surface area contributed by atoms with E-state index in [9.17, 15) is 4.79 Å². The summed E-state index contributed by atoms with van der Waals surface area (Å²) in [5.74, 6) is 0.496. The highest BCUT2D eigenvalue weighted by atomic mass is 79.9. The number of hydrogen-bond acceptors (Lipinski definition) is 3. The molecule has 0 aliphatic heterocycles. The predicted octanol–water partition coefficient (Wildman–Crippen LogP) is 1.71. The highest BCUT2D eigenvalue weighted by molar-refractivity contribution is 9.10. The van der Waals surface area contributed by atoms with Crippen molar-refractivity contribution < 1.29 is 9.53 Å². The average molecular weight is 324 g/mol. The van der Waals surface area contributed by atoms with Crippen LogP contribution in [-0.4, -0.2) is 25.1 Å². The lowest BCUT2D eigenvalue weighted by molar-refractivity contribution is -0.127. The lowest BCUT2D eigenvalue weighted by Crippen LogP contribution is -2.38. The molecule has 0 fully saturated rings. The second-order valence-corrected chi connectivity index (χ2v) is 4.21. The number of benzene rings is 1. The van der Waals surface area contributed by atoms with E-state index in [0.717, 1.165) is 4.47 Å². The molecule has 0 aliphatic rings. The van der Waals surface area contributed by atoms with E-state index in [4.69, 9.17) is 10.5 Å². The van der Waals surface area contributed by atoms with E-state index in [1.54, 1.807) is 13.0 Å². The Bertz CT molecular complexity index is 363. The van der Waals surface area contributed by atoms with Crippen LogP contribution >= 0.6 is 28.3 Å². The van der Waals surface area contributed by atoms with Gasteiger partial charge in [0.1, 0.15) is 5.75 Å². The quantitative estimate of drug-likeness (QED) is 0.867. The third-order valence-electron chi connectivity index (χ3n) is 1.92. The van der Waals surface area contributed by atoms with E-state index in [2.05, 4.69) is 21.2 Å². The van der Waals surface area contributed by atoms with E-state index in [1.807, 2.05) is 18.2 Å². The summed E-state index contributed by atoms with van der Waals surface area (Å²) in [6.07, 6.45) is -0.527. The average Bonchev–Trinajstić information content (AvgIpc) is 2.25. The number of amides is 1. The molecule has 0 bridgehead atoms. The van der Waals surface area contributed by atoms with Crippen LogP contribution in [0.25, 0.3) is 0 Å². The van der Waals surface area contributed by atoms with Crippen LogP contribution < -0.4 is 15.8 Å². The smallest absolute Gasteiger partial charge is 0.260 e. The Morgan fingerprint density at radius 1 is 1.59 bits per heavy atom. The molecule has 1 atom stereocenters. The van der Waals surface area contributed by atoms with Crippen LogP contribution in [0.2, 0.25) is 0 Å². The monoisotopic (exact) mass is 322 g/mol. The first-order valence-corrected chi connectivity index (χ1v) is 5.83. The van der Waals surface area contributed by atoms with Gasteiger partial charge in [0, 0.05) is 17.6 Å². The number of ether oxygens (including phenoxy) is 1. The fourth-order valence-electron chi connectivity index (χ4n) is 1.14. The lowest BCUT2D eigenvalue weighted by atomic mass is 10.3. The number of rotatable bonds is 5. The molecule has 1 aromatic carbocycles. The summed E-state index contributed by atoms with van der Waals surface area (Å²) in [6, 6.07) is 7.36. The molecule has 0 aliphatic carbocycles. The number of carbonyl (C=O) groups excluding carboxylic acids is 1. The number of hydrogen-bond donors (Lipinski definition) is 2. The first-order valence-electron chi connectivity index (χ1n) is 5.03. The van der Waals surface area contributed by atoms with Crippen molar-refractivity contribution in [3.63, 3.8) is 0 Å².